The van der Waals surface area contributed by atoms with Gasteiger partial charge in [0.1, 0.15) is 0 Å². The van der Waals surface area contributed by atoms with Crippen molar-refractivity contribution in [2.24, 2.45) is 0 Å². The van der Waals surface area contributed by atoms with Crippen LogP contribution in [0, 0.1) is 0 Å². The molecule has 0 spiro atoms. The van der Waals surface area contributed by atoms with Crippen LogP contribution in [0.1, 0.15) is 0 Å². The third-order valence-electron chi connectivity index (χ3n) is 0. The Labute approximate surface area is 54.8 Å². The van der Waals surface area contributed by atoms with E-state index in [9.17, 15) is 0 Å². The summed E-state index contributed by atoms with van der Waals surface area (Å²) in [6.45, 7) is 0. The second kappa shape index (κ2) is 8.90. The van der Waals surface area contributed by atoms with Crippen LogP contribution in [0.2, 0.25) is 0 Å². The molecule has 0 radical (unpaired) electrons. The summed E-state index contributed by atoms with van der Waals surface area (Å²) >= 11 is 4.93. The summed E-state index contributed by atoms with van der Waals surface area (Å²) in [5.74, 6) is 0. The number of nitrogens with two attached hydrogens (primary N) is 1. The summed E-state index contributed by atoms with van der Waals surface area (Å²) in [4.78, 5) is 0. The van der Waals surface area contributed by atoms with Gasteiger partial charge in [-0.3, -0.25) is 0 Å². The molecule has 4 heavy (non-hydrogen) atoms. The molecule has 0 heterocycles. The molecule has 1 nitrogen and oxygen atoms in total. The van der Waals surface area contributed by atoms with Crippen LogP contribution in [0.4, 0.5) is 0 Å². The molecule has 0 saturated carbocycles. The molecule has 24 valence electrons. The molecule has 0 aliphatic heterocycles. The molecular formula is H2I2NZn-. The molecule has 0 amide bonds. The Morgan fingerprint density at radius 3 is 1.25 bits per heavy atom. The van der Waals surface area contributed by atoms with E-state index in [0.29, 0.717) is 0 Å². The Hall–Kier alpha value is 2.04. The minimum atomic E-state index is 0. The zero-order valence-corrected chi connectivity index (χ0v) is 9.32. The molecule has 0 atom stereocenters. The van der Waals surface area contributed by atoms with Gasteiger partial charge in [0.25, 0.3) is 0 Å². The maximum absolute atomic E-state index is 2.46. The van der Waals surface area contributed by atoms with E-state index in [1.807, 2.05) is 0 Å². The SMILES string of the molecule is [I][Zn][I].[NH2-]. The first-order chi connectivity index (χ1) is 1.41. The summed E-state index contributed by atoms with van der Waals surface area (Å²) in [7, 11) is 0.0650. The summed E-state index contributed by atoms with van der Waals surface area (Å²) in [5, 5.41) is 0. The molecule has 2 N–H and O–H groups in total. The largest absolute Gasteiger partial charge is 0.693 e. The van der Waals surface area contributed by atoms with Crippen LogP contribution in [-0.4, -0.2) is 0 Å². The molecule has 0 aliphatic rings. The van der Waals surface area contributed by atoms with E-state index < -0.39 is 0 Å². The molecule has 0 rings (SSSR count). The van der Waals surface area contributed by atoms with E-state index in [2.05, 4.69) is 39.5 Å². The van der Waals surface area contributed by atoms with E-state index in [1.54, 1.807) is 0 Å². The van der Waals surface area contributed by atoms with Gasteiger partial charge >= 0.3 is 49.6 Å². The van der Waals surface area contributed by atoms with Crippen molar-refractivity contribution >= 4 is 39.5 Å². The van der Waals surface area contributed by atoms with Crippen LogP contribution in [0.25, 0.3) is 6.15 Å². The Morgan fingerprint density at radius 1 is 1.25 bits per heavy atom. The van der Waals surface area contributed by atoms with E-state index in [0.717, 1.165) is 0 Å². The van der Waals surface area contributed by atoms with Crippen molar-refractivity contribution in [3.05, 3.63) is 6.15 Å². The fourth-order valence-electron chi connectivity index (χ4n) is 0. The maximum Gasteiger partial charge on any atom is -0.693 e. The van der Waals surface area contributed by atoms with Crippen molar-refractivity contribution in [2.75, 3.05) is 0 Å². The van der Waals surface area contributed by atoms with Crippen molar-refractivity contribution in [1.29, 1.82) is 0 Å². The third-order valence-corrected chi connectivity index (χ3v) is 0. The fraction of sp³-hybridized carbons (Fsp3) is 0. The van der Waals surface area contributed by atoms with Gasteiger partial charge in [0.2, 0.25) is 0 Å². The van der Waals surface area contributed by atoms with E-state index in [-0.39, 0.29) is 16.2 Å². The minimum Gasteiger partial charge on any atom is -0.693 e. The predicted molar refractivity (Wildman–Crippen MR) is 33.3 cm³/mol. The van der Waals surface area contributed by atoms with Crippen molar-refractivity contribution < 1.29 is 10.1 Å². The minimum absolute atomic E-state index is 0. The van der Waals surface area contributed by atoms with Crippen LogP contribution in [-0.2, 0) is 10.1 Å². The molecule has 4 heteroatoms. The van der Waals surface area contributed by atoms with Gasteiger partial charge in [-0.1, -0.05) is 0 Å². The average Bonchev–Trinajstić information content (AvgIpc) is 0.918. The van der Waals surface area contributed by atoms with Crippen molar-refractivity contribution in [3.8, 4) is 0 Å². The molecule has 0 bridgehead atoms. The summed E-state index contributed by atoms with van der Waals surface area (Å²) in [6, 6.07) is 0. The summed E-state index contributed by atoms with van der Waals surface area (Å²) < 4.78 is 0. The standard InChI is InChI=1S/2HI.H2N.Zn/h2*1H;1H2;/q;;-1;+2/p-2. The topological polar surface area (TPSA) is 33.5 Å². The quantitative estimate of drug-likeness (QED) is 0.481. The second-order valence-electron chi connectivity index (χ2n) is 0.101. The monoisotopic (exact) mass is 334 g/mol. The average molecular weight is 335 g/mol. The first kappa shape index (κ1) is 9.40. The molecular weight excluding hydrogens is 333 g/mol. The molecule has 0 saturated heterocycles. The first-order valence-corrected chi connectivity index (χ1v) is 18.6. The Morgan fingerprint density at radius 2 is 1.25 bits per heavy atom. The third kappa shape index (κ3) is 8.97. The van der Waals surface area contributed by atoms with E-state index in [4.69, 9.17) is 0 Å². The zero-order chi connectivity index (χ0) is 2.71. The maximum atomic E-state index is 2.46. The van der Waals surface area contributed by atoms with Gasteiger partial charge in [-0.15, -0.1) is 0 Å². The van der Waals surface area contributed by atoms with Gasteiger partial charge in [0.15, 0.2) is 0 Å². The van der Waals surface area contributed by atoms with Crippen LogP contribution >= 0.6 is 39.5 Å². The van der Waals surface area contributed by atoms with E-state index in [1.165, 1.54) is 0 Å². The van der Waals surface area contributed by atoms with Crippen LogP contribution in [0.15, 0.2) is 0 Å². The fourth-order valence-corrected chi connectivity index (χ4v) is 0. The van der Waals surface area contributed by atoms with Crippen molar-refractivity contribution in [2.45, 2.75) is 0 Å². The van der Waals surface area contributed by atoms with Crippen LogP contribution < -0.4 is 0 Å². The number of hydrogen-bond acceptors (Lipinski definition) is 0. The smallest absolute Gasteiger partial charge is 0.693 e. The Bertz CT molecular complexity index is 6.00. The molecule has 0 aliphatic carbocycles. The van der Waals surface area contributed by atoms with Crippen molar-refractivity contribution in [3.63, 3.8) is 0 Å². The number of rotatable bonds is 0. The second-order valence-corrected chi connectivity index (χ2v) is 23.6. The van der Waals surface area contributed by atoms with E-state index >= 15 is 0 Å². The van der Waals surface area contributed by atoms with Gasteiger partial charge in [-0.25, -0.2) is 0 Å². The molecule has 0 aromatic rings. The summed E-state index contributed by atoms with van der Waals surface area (Å²) in [6.07, 6.45) is 0. The zero-order valence-electron chi connectivity index (χ0n) is 2.04. The number of hydrogen-bond donors (Lipinski definition) is 0. The van der Waals surface area contributed by atoms with Gasteiger partial charge in [-0.05, 0) is 0 Å². The Balaban J connectivity index is 0. The molecule has 0 aromatic heterocycles. The predicted octanol–water partition coefficient (Wildman–Crippen LogP) is 2.49. The normalized spacial score (nSPS) is 2.50. The van der Waals surface area contributed by atoms with Crippen LogP contribution in [0.5, 0.6) is 0 Å². The number of halogens is 2. The molecule has 0 aromatic carbocycles. The van der Waals surface area contributed by atoms with Gasteiger partial charge in [-0.2, -0.15) is 0 Å². The van der Waals surface area contributed by atoms with Gasteiger partial charge < -0.3 is 6.15 Å². The Kier molecular flexibility index (Phi) is 20.9. The molecule has 0 unspecified atom stereocenters. The van der Waals surface area contributed by atoms with Crippen LogP contribution in [0.3, 0.4) is 0 Å². The van der Waals surface area contributed by atoms with Crippen molar-refractivity contribution in [1.82, 2.24) is 0 Å². The van der Waals surface area contributed by atoms with Gasteiger partial charge in [0.05, 0.1) is 0 Å². The van der Waals surface area contributed by atoms with Gasteiger partial charge in [0, 0.05) is 0 Å². The summed E-state index contributed by atoms with van der Waals surface area (Å²) in [5.41, 5.74) is 0. The molecule has 0 fully saturated rings. The first-order valence-electron chi connectivity index (χ1n) is 0.535.